The number of amides is 1. The number of nitrogens with one attached hydrogen (secondary N) is 1. The molecule has 4 unspecified atom stereocenters. The van der Waals surface area contributed by atoms with E-state index in [2.05, 4.69) is 38.2 Å². The third-order valence-corrected chi connectivity index (χ3v) is 9.25. The molecule has 0 heterocycles. The second kappa shape index (κ2) is 10.8. The first-order valence-electron chi connectivity index (χ1n) is 14.8. The lowest BCUT2D eigenvalue weighted by molar-refractivity contribution is -0.139. The highest BCUT2D eigenvalue weighted by Crippen LogP contribution is 2.54. The van der Waals surface area contributed by atoms with E-state index < -0.39 is 46.7 Å². The molecule has 0 bridgehead atoms. The molecule has 1 amide bonds. The van der Waals surface area contributed by atoms with E-state index in [0.29, 0.717) is 19.4 Å². The number of carbonyl (C=O) groups excluding carboxylic acids is 2. The van der Waals surface area contributed by atoms with Gasteiger partial charge in [-0.15, -0.1) is 0 Å². The zero-order valence-electron chi connectivity index (χ0n) is 25.7. The predicted molar refractivity (Wildman–Crippen MR) is 165 cm³/mol. The van der Waals surface area contributed by atoms with Crippen LogP contribution in [0.5, 0.6) is 5.75 Å². The van der Waals surface area contributed by atoms with Gasteiger partial charge in [-0.3, -0.25) is 14.5 Å². The van der Waals surface area contributed by atoms with Gasteiger partial charge in [0.25, 0.3) is 5.91 Å². The molecule has 43 heavy (non-hydrogen) atoms. The molecule has 0 spiro atoms. The normalized spacial score (nSPS) is 27.2. The van der Waals surface area contributed by atoms with Gasteiger partial charge >= 0.3 is 0 Å². The standard InChI is InChI=1S/C34H43N3O6/c1-33(2,3)16-36-15-17-8-7-9-18(12-17)20-10-11-23(38)25-21(20)13-19-14-22-26(30(40)24(19)29(25)39)34(4,43)27(32(35)42)31(41)28(22)37(5)6/h7-12,19,22,26,28,36,38-39,41,43H,13-16H2,1-6H3,(H2,35,42)/t19?,22?,26?,28-,34?/m0/s1. The van der Waals surface area contributed by atoms with E-state index >= 15 is 0 Å². The first-order valence-corrected chi connectivity index (χ1v) is 14.8. The number of likely N-dealkylation sites (N-methyl/N-ethyl adjacent to an activating group) is 1. The maximum Gasteiger partial charge on any atom is 0.251 e. The monoisotopic (exact) mass is 589 g/mol. The fraction of sp³-hybridized carbons (Fsp3) is 0.471. The lowest BCUT2D eigenvalue weighted by Gasteiger charge is -2.52. The van der Waals surface area contributed by atoms with E-state index in [1.807, 2.05) is 18.2 Å². The number of allylic oxidation sites excluding steroid dienone is 1. The Labute approximate surface area is 252 Å². The van der Waals surface area contributed by atoms with Crippen LogP contribution in [0.2, 0.25) is 0 Å². The summed E-state index contributed by atoms with van der Waals surface area (Å²) in [6.45, 7) is 9.39. The Morgan fingerprint density at radius 1 is 1.14 bits per heavy atom. The third kappa shape index (κ3) is 5.24. The first kappa shape index (κ1) is 30.8. The summed E-state index contributed by atoms with van der Waals surface area (Å²) in [6, 6.07) is 10.8. The minimum Gasteiger partial charge on any atom is -0.510 e. The van der Waals surface area contributed by atoms with Crippen LogP contribution in [0, 0.1) is 23.2 Å². The number of Topliss-reactive ketones (excluding diaryl/α,β-unsaturated/α-hetero) is 1. The topological polar surface area (TPSA) is 156 Å². The van der Waals surface area contributed by atoms with Crippen LogP contribution in [0.4, 0.5) is 0 Å². The van der Waals surface area contributed by atoms with Gasteiger partial charge in [0, 0.05) is 18.7 Å². The second-order valence-corrected chi connectivity index (χ2v) is 13.9. The van der Waals surface area contributed by atoms with Crippen molar-refractivity contribution in [3.63, 3.8) is 0 Å². The Bertz CT molecular complexity index is 1550. The van der Waals surface area contributed by atoms with E-state index in [-0.39, 0.29) is 33.8 Å². The first-order chi connectivity index (χ1) is 20.0. The van der Waals surface area contributed by atoms with Crippen LogP contribution < -0.4 is 11.1 Å². The van der Waals surface area contributed by atoms with Gasteiger partial charge < -0.3 is 31.5 Å². The summed E-state index contributed by atoms with van der Waals surface area (Å²) in [4.78, 5) is 28.3. The van der Waals surface area contributed by atoms with Gasteiger partial charge in [0.2, 0.25) is 0 Å². The summed E-state index contributed by atoms with van der Waals surface area (Å²) < 4.78 is 0. The van der Waals surface area contributed by atoms with Crippen LogP contribution in [0.25, 0.3) is 16.9 Å². The molecular formula is C34H43N3O6. The van der Waals surface area contributed by atoms with Crippen molar-refractivity contribution in [1.29, 1.82) is 0 Å². The summed E-state index contributed by atoms with van der Waals surface area (Å²) in [5.74, 6) is -4.42. The highest BCUT2D eigenvalue weighted by Gasteiger charge is 2.60. The maximum atomic E-state index is 14.2. The van der Waals surface area contributed by atoms with Crippen molar-refractivity contribution in [2.75, 3.05) is 20.6 Å². The Hall–Kier alpha value is -3.66. The minimum atomic E-state index is -2.05. The van der Waals surface area contributed by atoms with E-state index in [1.165, 1.54) is 13.0 Å². The molecule has 0 aliphatic heterocycles. The summed E-state index contributed by atoms with van der Waals surface area (Å²) >= 11 is 0. The van der Waals surface area contributed by atoms with Gasteiger partial charge in [-0.1, -0.05) is 45.0 Å². The number of hydrogen-bond acceptors (Lipinski definition) is 8. The average Bonchev–Trinajstić information content (AvgIpc) is 2.87. The molecule has 0 radical (unpaired) electrons. The van der Waals surface area contributed by atoms with Gasteiger partial charge in [-0.05, 0) is 85.5 Å². The maximum absolute atomic E-state index is 14.2. The quantitative estimate of drug-likeness (QED) is 0.297. The number of aliphatic hydroxyl groups excluding tert-OH is 2. The van der Waals surface area contributed by atoms with Crippen LogP contribution in [0.3, 0.4) is 0 Å². The van der Waals surface area contributed by atoms with Gasteiger partial charge in [-0.25, -0.2) is 0 Å². The molecule has 1 saturated carbocycles. The number of nitrogens with zero attached hydrogens (tertiary/aromatic N) is 1. The molecule has 3 aliphatic carbocycles. The largest absolute Gasteiger partial charge is 0.510 e. The lowest BCUT2D eigenvalue weighted by atomic mass is 9.55. The van der Waals surface area contributed by atoms with Crippen molar-refractivity contribution < 1.29 is 30.0 Å². The van der Waals surface area contributed by atoms with Crippen molar-refractivity contribution in [2.24, 2.45) is 28.9 Å². The van der Waals surface area contributed by atoms with Crippen LogP contribution in [0.15, 0.2) is 53.3 Å². The molecule has 3 aliphatic rings. The number of fused-ring (bicyclic) bond motifs is 3. The molecule has 2 aromatic carbocycles. The number of aromatic hydroxyl groups is 1. The molecule has 5 atom stereocenters. The molecule has 2 aromatic rings. The van der Waals surface area contributed by atoms with Crippen molar-refractivity contribution in [3.8, 4) is 16.9 Å². The molecule has 5 rings (SSSR count). The number of carbonyl (C=O) groups is 2. The van der Waals surface area contributed by atoms with E-state index in [9.17, 15) is 30.0 Å². The van der Waals surface area contributed by atoms with Crippen molar-refractivity contribution in [3.05, 3.63) is 70.0 Å². The second-order valence-electron chi connectivity index (χ2n) is 13.9. The lowest BCUT2D eigenvalue weighted by Crippen LogP contribution is -2.61. The number of nitrogens with two attached hydrogens (primary N) is 1. The number of rotatable bonds is 6. The summed E-state index contributed by atoms with van der Waals surface area (Å²) in [7, 11) is 3.47. The Morgan fingerprint density at radius 3 is 2.47 bits per heavy atom. The fourth-order valence-corrected chi connectivity index (χ4v) is 7.59. The van der Waals surface area contributed by atoms with Crippen molar-refractivity contribution >= 4 is 17.4 Å². The molecular weight excluding hydrogens is 546 g/mol. The minimum absolute atomic E-state index is 0.129. The van der Waals surface area contributed by atoms with Crippen LogP contribution >= 0.6 is 0 Å². The van der Waals surface area contributed by atoms with Crippen LogP contribution in [0.1, 0.15) is 50.8 Å². The van der Waals surface area contributed by atoms with Crippen molar-refractivity contribution in [2.45, 2.75) is 58.7 Å². The zero-order chi connectivity index (χ0) is 31.6. The van der Waals surface area contributed by atoms with Gasteiger partial charge in [-0.2, -0.15) is 0 Å². The van der Waals surface area contributed by atoms with Crippen molar-refractivity contribution in [1.82, 2.24) is 10.2 Å². The fourth-order valence-electron chi connectivity index (χ4n) is 7.59. The van der Waals surface area contributed by atoms with Gasteiger partial charge in [0.1, 0.15) is 22.9 Å². The molecule has 0 saturated heterocycles. The van der Waals surface area contributed by atoms with E-state index in [4.69, 9.17) is 5.73 Å². The number of phenolic OH excluding ortho intramolecular Hbond substituents is 1. The van der Waals surface area contributed by atoms with E-state index in [1.54, 1.807) is 19.0 Å². The third-order valence-electron chi connectivity index (χ3n) is 9.25. The van der Waals surface area contributed by atoms with Gasteiger partial charge in [0.05, 0.1) is 23.1 Å². The number of primary amides is 1. The highest BCUT2D eigenvalue weighted by atomic mass is 16.3. The van der Waals surface area contributed by atoms with Crippen LogP contribution in [-0.4, -0.2) is 69.3 Å². The smallest absolute Gasteiger partial charge is 0.251 e. The molecule has 9 heteroatoms. The summed E-state index contributed by atoms with van der Waals surface area (Å²) in [5.41, 5.74) is 7.25. The number of hydrogen-bond donors (Lipinski definition) is 6. The highest BCUT2D eigenvalue weighted by molar-refractivity contribution is 6.08. The van der Waals surface area contributed by atoms with Gasteiger partial charge in [0.15, 0.2) is 5.78 Å². The Kier molecular flexibility index (Phi) is 7.74. The van der Waals surface area contributed by atoms with Crippen LogP contribution in [-0.2, 0) is 22.6 Å². The number of benzene rings is 2. The Balaban J connectivity index is 1.59. The molecule has 230 valence electrons. The molecule has 7 N–H and O–H groups in total. The molecule has 9 nitrogen and oxygen atoms in total. The Morgan fingerprint density at radius 2 is 1.84 bits per heavy atom. The SMILES string of the molecule is CN(C)[C@@H]1C(O)=C(C(N)=O)C(C)(O)C2C(=O)C3=C(O)c4c(O)ccc(-c5cccc(CNCC(C)(C)C)c5)c4CC3CC21. The number of phenols is 1. The summed E-state index contributed by atoms with van der Waals surface area (Å²) in [6.07, 6.45) is 0.728. The summed E-state index contributed by atoms with van der Waals surface area (Å²) in [5, 5.41) is 48.8. The average molecular weight is 590 g/mol. The molecule has 1 fully saturated rings. The predicted octanol–water partition coefficient (Wildman–Crippen LogP) is 3.83. The molecule has 0 aromatic heterocycles. The number of ketones is 1. The van der Waals surface area contributed by atoms with E-state index in [0.717, 1.165) is 28.8 Å². The number of aliphatic hydroxyl groups is 3. The zero-order valence-corrected chi connectivity index (χ0v) is 25.7.